The van der Waals surface area contributed by atoms with Crippen LogP contribution in [0.2, 0.25) is 0 Å². The Balaban J connectivity index is 2.12. The van der Waals surface area contributed by atoms with Crippen LogP contribution in [0.5, 0.6) is 5.75 Å². The summed E-state index contributed by atoms with van der Waals surface area (Å²) in [6.07, 6.45) is 0. The molecule has 0 atom stereocenters. The van der Waals surface area contributed by atoms with E-state index >= 15 is 0 Å². The lowest BCUT2D eigenvalue weighted by Gasteiger charge is -2.07. The number of methoxy groups -OCH3 is 1. The molecule has 0 saturated carbocycles. The first-order valence-electron chi connectivity index (χ1n) is 5.92. The fraction of sp³-hybridized carbons (Fsp3) is 0.385. The van der Waals surface area contributed by atoms with E-state index < -0.39 is 0 Å². The monoisotopic (exact) mass is 266 g/mol. The van der Waals surface area contributed by atoms with Crippen LogP contribution >= 0.6 is 0 Å². The molecule has 1 aromatic rings. The number of carbonyl (C=O) groups excluding carboxylic acids is 2. The summed E-state index contributed by atoms with van der Waals surface area (Å²) in [6.45, 7) is 0.679. The summed E-state index contributed by atoms with van der Waals surface area (Å²) in [7, 11) is 1.55. The van der Waals surface area contributed by atoms with Gasteiger partial charge >= 0.3 is 0 Å². The second-order valence-electron chi connectivity index (χ2n) is 3.72. The zero-order chi connectivity index (χ0) is 13.9. The van der Waals surface area contributed by atoms with Gasteiger partial charge < -0.3 is 20.1 Å². The standard InChI is InChI=1S/C13H18N2O4/c1-18-8-7-14-12(16)9-15-13(17)10-19-11-5-3-2-4-6-11/h2-6H,7-10H2,1H3,(H,14,16)(H,15,17). The average Bonchev–Trinajstić information content (AvgIpc) is 2.44. The number of hydrogen-bond acceptors (Lipinski definition) is 4. The number of rotatable bonds is 8. The van der Waals surface area contributed by atoms with Crippen LogP contribution in [0.25, 0.3) is 0 Å². The maximum absolute atomic E-state index is 11.4. The minimum atomic E-state index is -0.342. The van der Waals surface area contributed by atoms with Crippen LogP contribution in [0.4, 0.5) is 0 Å². The van der Waals surface area contributed by atoms with Crippen molar-refractivity contribution in [1.82, 2.24) is 10.6 Å². The van der Waals surface area contributed by atoms with Gasteiger partial charge in [-0.3, -0.25) is 9.59 Å². The van der Waals surface area contributed by atoms with Crippen molar-refractivity contribution < 1.29 is 19.1 Å². The summed E-state index contributed by atoms with van der Waals surface area (Å²) in [5.74, 6) is 0.0121. The van der Waals surface area contributed by atoms with Crippen molar-refractivity contribution in [2.24, 2.45) is 0 Å². The molecule has 0 bridgehead atoms. The smallest absolute Gasteiger partial charge is 0.258 e. The Morgan fingerprint density at radius 3 is 2.53 bits per heavy atom. The molecule has 104 valence electrons. The van der Waals surface area contributed by atoms with Crippen LogP contribution in [0.15, 0.2) is 30.3 Å². The maximum atomic E-state index is 11.4. The zero-order valence-electron chi connectivity index (χ0n) is 10.8. The average molecular weight is 266 g/mol. The predicted octanol–water partition coefficient (Wildman–Crippen LogP) is -0.0558. The Labute approximate surface area is 112 Å². The molecule has 2 amide bonds. The lowest BCUT2D eigenvalue weighted by molar-refractivity contribution is -0.127. The molecule has 0 radical (unpaired) electrons. The van der Waals surface area contributed by atoms with E-state index in [9.17, 15) is 9.59 Å². The van der Waals surface area contributed by atoms with Crippen LogP contribution < -0.4 is 15.4 Å². The van der Waals surface area contributed by atoms with E-state index in [4.69, 9.17) is 9.47 Å². The molecule has 0 unspecified atom stereocenters. The molecule has 6 nitrogen and oxygen atoms in total. The van der Waals surface area contributed by atoms with Gasteiger partial charge in [-0.05, 0) is 12.1 Å². The van der Waals surface area contributed by atoms with Crippen LogP contribution in [-0.2, 0) is 14.3 Å². The summed E-state index contributed by atoms with van der Waals surface area (Å²) in [6, 6.07) is 9.00. The van der Waals surface area contributed by atoms with Crippen molar-refractivity contribution in [3.63, 3.8) is 0 Å². The number of benzene rings is 1. The van der Waals surface area contributed by atoms with Gasteiger partial charge in [0.1, 0.15) is 5.75 Å². The van der Waals surface area contributed by atoms with E-state index in [1.54, 1.807) is 19.2 Å². The maximum Gasteiger partial charge on any atom is 0.258 e. The van der Waals surface area contributed by atoms with Crippen LogP contribution in [0.1, 0.15) is 0 Å². The highest BCUT2D eigenvalue weighted by Crippen LogP contribution is 2.07. The van der Waals surface area contributed by atoms with Gasteiger partial charge in [-0.25, -0.2) is 0 Å². The number of ether oxygens (including phenoxy) is 2. The summed E-state index contributed by atoms with van der Waals surface area (Å²) in [4.78, 5) is 22.7. The highest BCUT2D eigenvalue weighted by Gasteiger charge is 2.05. The lowest BCUT2D eigenvalue weighted by Crippen LogP contribution is -2.39. The summed E-state index contributed by atoms with van der Waals surface area (Å²) >= 11 is 0. The van der Waals surface area contributed by atoms with Crippen LogP contribution in [0.3, 0.4) is 0 Å². The fourth-order valence-electron chi connectivity index (χ4n) is 1.25. The fourth-order valence-corrected chi connectivity index (χ4v) is 1.25. The molecule has 0 aliphatic heterocycles. The molecule has 6 heteroatoms. The molecule has 19 heavy (non-hydrogen) atoms. The van der Waals surface area contributed by atoms with E-state index in [0.29, 0.717) is 18.9 Å². The molecule has 0 aromatic heterocycles. The normalized spacial score (nSPS) is 9.74. The molecule has 0 fully saturated rings. The van der Waals surface area contributed by atoms with Crippen molar-refractivity contribution in [1.29, 1.82) is 0 Å². The van der Waals surface area contributed by atoms with Crippen molar-refractivity contribution in [2.75, 3.05) is 33.4 Å². The van der Waals surface area contributed by atoms with Gasteiger partial charge in [0.2, 0.25) is 5.91 Å². The second kappa shape index (κ2) is 8.93. The third kappa shape index (κ3) is 7.05. The molecule has 0 heterocycles. The molecule has 0 aliphatic rings. The summed E-state index contributed by atoms with van der Waals surface area (Å²) in [5.41, 5.74) is 0. The van der Waals surface area contributed by atoms with Crippen molar-refractivity contribution >= 4 is 11.8 Å². The van der Waals surface area contributed by atoms with Crippen molar-refractivity contribution in [3.8, 4) is 5.75 Å². The Morgan fingerprint density at radius 1 is 1.11 bits per heavy atom. The molecular formula is C13H18N2O4. The first kappa shape index (κ1) is 15.0. The van der Waals surface area contributed by atoms with Crippen molar-refractivity contribution in [3.05, 3.63) is 30.3 Å². The minimum Gasteiger partial charge on any atom is -0.484 e. The van der Waals surface area contributed by atoms with E-state index in [1.165, 1.54) is 0 Å². The van der Waals surface area contributed by atoms with Crippen molar-refractivity contribution in [2.45, 2.75) is 0 Å². The molecule has 0 saturated heterocycles. The third-order valence-corrected chi connectivity index (χ3v) is 2.19. The third-order valence-electron chi connectivity index (χ3n) is 2.19. The molecule has 2 N–H and O–H groups in total. The first-order valence-corrected chi connectivity index (χ1v) is 5.92. The zero-order valence-corrected chi connectivity index (χ0v) is 10.8. The first-order chi connectivity index (χ1) is 9.22. The Bertz CT molecular complexity index is 395. The number of hydrogen-bond donors (Lipinski definition) is 2. The topological polar surface area (TPSA) is 76.7 Å². The van der Waals surface area contributed by atoms with E-state index in [1.807, 2.05) is 18.2 Å². The summed E-state index contributed by atoms with van der Waals surface area (Å²) < 4.78 is 10.0. The molecule has 0 aliphatic carbocycles. The quantitative estimate of drug-likeness (QED) is 0.647. The Hall–Kier alpha value is -2.08. The predicted molar refractivity (Wildman–Crippen MR) is 69.8 cm³/mol. The molecule has 1 rings (SSSR count). The Morgan fingerprint density at radius 2 is 1.84 bits per heavy atom. The molecular weight excluding hydrogens is 248 g/mol. The SMILES string of the molecule is COCCNC(=O)CNC(=O)COc1ccccc1. The highest BCUT2D eigenvalue weighted by atomic mass is 16.5. The lowest BCUT2D eigenvalue weighted by atomic mass is 10.3. The van der Waals surface area contributed by atoms with Gasteiger partial charge in [-0.15, -0.1) is 0 Å². The number of nitrogens with one attached hydrogen (secondary N) is 2. The number of amides is 2. The van der Waals surface area contributed by atoms with E-state index in [2.05, 4.69) is 10.6 Å². The Kier molecular flexibility index (Phi) is 7.04. The van der Waals surface area contributed by atoms with Gasteiger partial charge in [0, 0.05) is 13.7 Å². The van der Waals surface area contributed by atoms with Crippen LogP contribution in [-0.4, -0.2) is 45.2 Å². The van der Waals surface area contributed by atoms with Gasteiger partial charge in [-0.1, -0.05) is 18.2 Å². The highest BCUT2D eigenvalue weighted by molar-refractivity contribution is 5.85. The van der Waals surface area contributed by atoms with Gasteiger partial charge in [-0.2, -0.15) is 0 Å². The summed E-state index contributed by atoms with van der Waals surface area (Å²) in [5, 5.41) is 5.06. The largest absolute Gasteiger partial charge is 0.484 e. The van der Waals surface area contributed by atoms with Gasteiger partial charge in [0.25, 0.3) is 5.91 Å². The molecule has 0 spiro atoms. The number of para-hydroxylation sites is 1. The van der Waals surface area contributed by atoms with Crippen LogP contribution in [0, 0.1) is 0 Å². The minimum absolute atomic E-state index is 0.0688. The van der Waals surface area contributed by atoms with Gasteiger partial charge in [0.05, 0.1) is 13.2 Å². The number of carbonyl (C=O) groups is 2. The van der Waals surface area contributed by atoms with Gasteiger partial charge in [0.15, 0.2) is 6.61 Å². The second-order valence-corrected chi connectivity index (χ2v) is 3.72. The van der Waals surface area contributed by atoms with E-state index in [0.717, 1.165) is 0 Å². The van der Waals surface area contributed by atoms with E-state index in [-0.39, 0.29) is 25.0 Å². The molecule has 1 aromatic carbocycles.